The summed E-state index contributed by atoms with van der Waals surface area (Å²) >= 11 is 5.37. The van der Waals surface area contributed by atoms with Crippen LogP contribution in [0.25, 0.3) is 0 Å². The standard InChI is InChI=1S/C23H24N2O3S/c1-3-27-20-12-14-22(15-13-20)28-21-10-6-18(7-11-21)25-23(29)24-16-17-4-8-19(26-2)9-5-17/h4-15H,3,16H2,1-2H3,(H2,24,25,29). The van der Waals surface area contributed by atoms with E-state index in [0.29, 0.717) is 18.3 Å². The largest absolute Gasteiger partial charge is 0.497 e. The molecule has 0 fully saturated rings. The van der Waals surface area contributed by atoms with Crippen molar-refractivity contribution in [2.45, 2.75) is 13.5 Å². The monoisotopic (exact) mass is 408 g/mol. The Hall–Kier alpha value is -3.25. The number of benzene rings is 3. The lowest BCUT2D eigenvalue weighted by atomic mass is 10.2. The summed E-state index contributed by atoms with van der Waals surface area (Å²) < 4.78 is 16.4. The molecule has 6 heteroatoms. The Labute approximate surface area is 176 Å². The second-order valence-electron chi connectivity index (χ2n) is 6.19. The molecule has 0 radical (unpaired) electrons. The Morgan fingerprint density at radius 2 is 1.34 bits per heavy atom. The lowest BCUT2D eigenvalue weighted by Crippen LogP contribution is -2.27. The molecular weight excluding hydrogens is 384 g/mol. The van der Waals surface area contributed by atoms with Crippen molar-refractivity contribution in [3.63, 3.8) is 0 Å². The number of methoxy groups -OCH3 is 1. The van der Waals surface area contributed by atoms with E-state index in [0.717, 1.165) is 34.2 Å². The van der Waals surface area contributed by atoms with Crippen LogP contribution in [0.5, 0.6) is 23.0 Å². The van der Waals surface area contributed by atoms with Crippen LogP contribution in [-0.2, 0) is 6.54 Å². The molecule has 0 saturated heterocycles. The smallest absolute Gasteiger partial charge is 0.171 e. The van der Waals surface area contributed by atoms with E-state index in [1.54, 1.807) is 7.11 Å². The minimum Gasteiger partial charge on any atom is -0.497 e. The summed E-state index contributed by atoms with van der Waals surface area (Å²) in [6.45, 7) is 3.24. The Bertz CT molecular complexity index is 910. The molecule has 0 aliphatic rings. The molecule has 3 aromatic rings. The van der Waals surface area contributed by atoms with Gasteiger partial charge in [-0.2, -0.15) is 0 Å². The number of hydrogen-bond donors (Lipinski definition) is 2. The molecule has 5 nitrogen and oxygen atoms in total. The fourth-order valence-electron chi connectivity index (χ4n) is 2.61. The van der Waals surface area contributed by atoms with E-state index < -0.39 is 0 Å². The van der Waals surface area contributed by atoms with Gasteiger partial charge in [0.05, 0.1) is 13.7 Å². The molecule has 0 spiro atoms. The molecule has 0 unspecified atom stereocenters. The van der Waals surface area contributed by atoms with Gasteiger partial charge in [-0.3, -0.25) is 0 Å². The summed E-state index contributed by atoms with van der Waals surface area (Å²) in [4.78, 5) is 0. The van der Waals surface area contributed by atoms with Gasteiger partial charge in [0.25, 0.3) is 0 Å². The van der Waals surface area contributed by atoms with Gasteiger partial charge in [0.2, 0.25) is 0 Å². The summed E-state index contributed by atoms with van der Waals surface area (Å²) in [5.41, 5.74) is 2.00. The summed E-state index contributed by atoms with van der Waals surface area (Å²) in [7, 11) is 1.65. The van der Waals surface area contributed by atoms with Crippen LogP contribution in [0.15, 0.2) is 72.8 Å². The van der Waals surface area contributed by atoms with Gasteiger partial charge in [-0.1, -0.05) is 12.1 Å². The highest BCUT2D eigenvalue weighted by Gasteiger charge is 2.02. The van der Waals surface area contributed by atoms with E-state index in [1.165, 1.54) is 0 Å². The zero-order valence-corrected chi connectivity index (χ0v) is 17.3. The van der Waals surface area contributed by atoms with Crippen LogP contribution >= 0.6 is 12.2 Å². The highest BCUT2D eigenvalue weighted by atomic mass is 32.1. The van der Waals surface area contributed by atoms with Crippen molar-refractivity contribution in [3.8, 4) is 23.0 Å². The number of ether oxygens (including phenoxy) is 3. The Kier molecular flexibility index (Phi) is 7.30. The third kappa shape index (κ3) is 6.40. The summed E-state index contributed by atoms with van der Waals surface area (Å²) in [6.07, 6.45) is 0. The van der Waals surface area contributed by atoms with Crippen LogP contribution in [0, 0.1) is 0 Å². The maximum Gasteiger partial charge on any atom is 0.171 e. The van der Waals surface area contributed by atoms with Gasteiger partial charge in [-0.15, -0.1) is 0 Å². The fourth-order valence-corrected chi connectivity index (χ4v) is 2.80. The molecule has 0 saturated carbocycles. The minimum absolute atomic E-state index is 0.556. The van der Waals surface area contributed by atoms with Crippen molar-refractivity contribution in [1.29, 1.82) is 0 Å². The molecule has 0 atom stereocenters. The van der Waals surface area contributed by atoms with Gasteiger partial charge in [0.15, 0.2) is 5.11 Å². The Balaban J connectivity index is 1.48. The molecule has 0 aliphatic carbocycles. The van der Waals surface area contributed by atoms with Crippen LogP contribution in [0.4, 0.5) is 5.69 Å². The summed E-state index contributed by atoms with van der Waals surface area (Å²) in [5, 5.41) is 6.92. The molecule has 29 heavy (non-hydrogen) atoms. The number of rotatable bonds is 8. The second kappa shape index (κ2) is 10.3. The first-order valence-corrected chi connectivity index (χ1v) is 9.75. The summed E-state index contributed by atoms with van der Waals surface area (Å²) in [6, 6.07) is 23.0. The molecular formula is C23H24N2O3S. The maximum atomic E-state index is 5.85. The van der Waals surface area contributed by atoms with Crippen molar-refractivity contribution in [2.75, 3.05) is 19.0 Å². The van der Waals surface area contributed by atoms with Gasteiger partial charge >= 0.3 is 0 Å². The van der Waals surface area contributed by atoms with Crippen LogP contribution in [-0.4, -0.2) is 18.8 Å². The molecule has 150 valence electrons. The maximum absolute atomic E-state index is 5.85. The first-order valence-electron chi connectivity index (χ1n) is 9.35. The molecule has 0 bridgehead atoms. The number of thiocarbonyl (C=S) groups is 1. The highest BCUT2D eigenvalue weighted by Crippen LogP contribution is 2.25. The normalized spacial score (nSPS) is 10.1. The van der Waals surface area contributed by atoms with Gasteiger partial charge < -0.3 is 24.8 Å². The van der Waals surface area contributed by atoms with Crippen LogP contribution in [0.1, 0.15) is 12.5 Å². The average Bonchev–Trinajstić information content (AvgIpc) is 2.75. The topological polar surface area (TPSA) is 51.8 Å². The summed E-state index contributed by atoms with van der Waals surface area (Å²) in [5.74, 6) is 3.17. The molecule has 3 rings (SSSR count). The molecule has 0 aliphatic heterocycles. The van der Waals surface area contributed by atoms with E-state index >= 15 is 0 Å². The van der Waals surface area contributed by atoms with Crippen LogP contribution in [0.3, 0.4) is 0 Å². The quantitative estimate of drug-likeness (QED) is 0.489. The van der Waals surface area contributed by atoms with E-state index in [4.69, 9.17) is 26.4 Å². The molecule has 0 aromatic heterocycles. The predicted molar refractivity (Wildman–Crippen MR) is 120 cm³/mol. The van der Waals surface area contributed by atoms with Crippen molar-refractivity contribution >= 4 is 23.0 Å². The van der Waals surface area contributed by atoms with Gasteiger partial charge in [-0.25, -0.2) is 0 Å². The van der Waals surface area contributed by atoms with Crippen molar-refractivity contribution < 1.29 is 14.2 Å². The van der Waals surface area contributed by atoms with Gasteiger partial charge in [0.1, 0.15) is 23.0 Å². The number of hydrogen-bond acceptors (Lipinski definition) is 4. The van der Waals surface area contributed by atoms with E-state index in [-0.39, 0.29) is 0 Å². The van der Waals surface area contributed by atoms with E-state index in [2.05, 4.69) is 10.6 Å². The first-order chi connectivity index (χ1) is 14.2. The Morgan fingerprint density at radius 1 is 0.793 bits per heavy atom. The fraction of sp³-hybridized carbons (Fsp3) is 0.174. The van der Waals surface area contributed by atoms with E-state index in [1.807, 2.05) is 79.7 Å². The molecule has 0 amide bonds. The minimum atomic E-state index is 0.556. The lowest BCUT2D eigenvalue weighted by Gasteiger charge is -2.12. The first kappa shape index (κ1) is 20.5. The van der Waals surface area contributed by atoms with Crippen molar-refractivity contribution in [3.05, 3.63) is 78.4 Å². The highest BCUT2D eigenvalue weighted by molar-refractivity contribution is 7.80. The third-order valence-corrected chi connectivity index (χ3v) is 4.34. The molecule has 3 aromatic carbocycles. The van der Waals surface area contributed by atoms with Crippen LogP contribution < -0.4 is 24.8 Å². The average molecular weight is 409 g/mol. The zero-order valence-electron chi connectivity index (χ0n) is 16.5. The van der Waals surface area contributed by atoms with Gasteiger partial charge in [0, 0.05) is 12.2 Å². The lowest BCUT2D eigenvalue weighted by molar-refractivity contribution is 0.339. The van der Waals surface area contributed by atoms with Gasteiger partial charge in [-0.05, 0) is 85.4 Å². The second-order valence-corrected chi connectivity index (χ2v) is 6.59. The number of nitrogens with one attached hydrogen (secondary N) is 2. The van der Waals surface area contributed by atoms with Crippen LogP contribution in [0.2, 0.25) is 0 Å². The van der Waals surface area contributed by atoms with Crippen molar-refractivity contribution in [1.82, 2.24) is 5.32 Å². The van der Waals surface area contributed by atoms with Crippen molar-refractivity contribution in [2.24, 2.45) is 0 Å². The SMILES string of the molecule is CCOc1ccc(Oc2ccc(NC(=S)NCc3ccc(OC)cc3)cc2)cc1. The zero-order chi connectivity index (χ0) is 20.5. The molecule has 0 heterocycles. The Morgan fingerprint density at radius 3 is 1.93 bits per heavy atom. The number of anilines is 1. The molecule has 2 N–H and O–H groups in total. The predicted octanol–water partition coefficient (Wildman–Crippen LogP) is 5.37. The van der Waals surface area contributed by atoms with E-state index in [9.17, 15) is 0 Å². The third-order valence-electron chi connectivity index (χ3n) is 4.09.